The van der Waals surface area contributed by atoms with Crippen molar-refractivity contribution in [1.29, 1.82) is 0 Å². The second-order valence-electron chi connectivity index (χ2n) is 6.45. The SMILES string of the molecule is CCOc1cc2c(cc1CNC(=O)[C@@H]1CCS(=O)(=O)C1)O[C@@H](C)C2. The van der Waals surface area contributed by atoms with Gasteiger partial charge in [0.2, 0.25) is 5.91 Å². The van der Waals surface area contributed by atoms with E-state index in [0.29, 0.717) is 19.6 Å². The van der Waals surface area contributed by atoms with Crippen LogP contribution in [0.2, 0.25) is 0 Å². The molecule has 0 saturated carbocycles. The van der Waals surface area contributed by atoms with Crippen LogP contribution in [0.1, 0.15) is 31.4 Å². The third-order valence-electron chi connectivity index (χ3n) is 4.44. The van der Waals surface area contributed by atoms with Crippen molar-refractivity contribution in [1.82, 2.24) is 5.32 Å². The van der Waals surface area contributed by atoms with Gasteiger partial charge in [-0.15, -0.1) is 0 Å². The Bertz CT molecular complexity index is 744. The van der Waals surface area contributed by atoms with Crippen molar-refractivity contribution >= 4 is 15.7 Å². The van der Waals surface area contributed by atoms with E-state index in [4.69, 9.17) is 9.47 Å². The number of nitrogens with one attached hydrogen (secondary N) is 1. The summed E-state index contributed by atoms with van der Waals surface area (Å²) in [7, 11) is -3.06. The first kappa shape index (κ1) is 17.1. The van der Waals surface area contributed by atoms with Crippen molar-refractivity contribution in [3.05, 3.63) is 23.3 Å². The maximum Gasteiger partial charge on any atom is 0.224 e. The minimum Gasteiger partial charge on any atom is -0.494 e. The lowest BCUT2D eigenvalue weighted by Crippen LogP contribution is -2.31. The molecule has 132 valence electrons. The third-order valence-corrected chi connectivity index (χ3v) is 6.20. The summed E-state index contributed by atoms with van der Waals surface area (Å²) in [5, 5.41) is 2.84. The van der Waals surface area contributed by atoms with Gasteiger partial charge in [-0.3, -0.25) is 4.79 Å². The molecule has 0 bridgehead atoms. The molecule has 1 aromatic rings. The average Bonchev–Trinajstić information content (AvgIpc) is 3.05. The number of sulfone groups is 1. The van der Waals surface area contributed by atoms with Gasteiger partial charge in [-0.2, -0.15) is 0 Å². The van der Waals surface area contributed by atoms with Crippen LogP contribution in [-0.4, -0.2) is 38.5 Å². The van der Waals surface area contributed by atoms with Crippen LogP contribution in [0.25, 0.3) is 0 Å². The molecule has 2 aliphatic heterocycles. The fraction of sp³-hybridized carbons (Fsp3) is 0.588. The molecule has 0 spiro atoms. The molecule has 2 atom stereocenters. The van der Waals surface area contributed by atoms with Crippen molar-refractivity contribution < 1.29 is 22.7 Å². The van der Waals surface area contributed by atoms with Gasteiger partial charge in [-0.25, -0.2) is 8.42 Å². The number of hydrogen-bond acceptors (Lipinski definition) is 5. The van der Waals surface area contributed by atoms with Crippen LogP contribution < -0.4 is 14.8 Å². The summed E-state index contributed by atoms with van der Waals surface area (Å²) in [4.78, 5) is 12.2. The summed E-state index contributed by atoms with van der Waals surface area (Å²) in [6.07, 6.45) is 1.39. The second kappa shape index (κ2) is 6.63. The maximum atomic E-state index is 12.2. The van der Waals surface area contributed by atoms with Crippen LogP contribution in [0.4, 0.5) is 0 Å². The van der Waals surface area contributed by atoms with E-state index in [1.165, 1.54) is 0 Å². The molecule has 1 aromatic carbocycles. The number of hydrogen-bond donors (Lipinski definition) is 1. The fourth-order valence-corrected chi connectivity index (χ4v) is 4.98. The lowest BCUT2D eigenvalue weighted by molar-refractivity contribution is -0.124. The highest BCUT2D eigenvalue weighted by atomic mass is 32.2. The molecule has 1 amide bonds. The van der Waals surface area contributed by atoms with Gasteiger partial charge in [0.25, 0.3) is 0 Å². The first-order valence-corrected chi connectivity index (χ1v) is 10.1. The second-order valence-corrected chi connectivity index (χ2v) is 8.68. The van der Waals surface area contributed by atoms with Gasteiger partial charge in [0.15, 0.2) is 9.84 Å². The van der Waals surface area contributed by atoms with Crippen molar-refractivity contribution in [2.75, 3.05) is 18.1 Å². The zero-order valence-electron chi connectivity index (χ0n) is 14.0. The maximum absolute atomic E-state index is 12.2. The van der Waals surface area contributed by atoms with Crippen molar-refractivity contribution in [3.8, 4) is 11.5 Å². The van der Waals surface area contributed by atoms with E-state index < -0.39 is 15.8 Å². The molecule has 1 saturated heterocycles. The third kappa shape index (κ3) is 3.66. The number of ether oxygens (including phenoxy) is 2. The molecule has 6 nitrogen and oxygen atoms in total. The van der Waals surface area contributed by atoms with E-state index in [9.17, 15) is 13.2 Å². The summed E-state index contributed by atoms with van der Waals surface area (Å²) in [6, 6.07) is 3.89. The predicted molar refractivity (Wildman–Crippen MR) is 90.0 cm³/mol. The molecule has 0 aromatic heterocycles. The lowest BCUT2D eigenvalue weighted by Gasteiger charge is -2.14. The average molecular weight is 353 g/mol. The summed E-state index contributed by atoms with van der Waals surface area (Å²) < 4.78 is 34.5. The Morgan fingerprint density at radius 3 is 2.88 bits per heavy atom. The zero-order valence-corrected chi connectivity index (χ0v) is 14.8. The van der Waals surface area contributed by atoms with Crippen LogP contribution in [0.5, 0.6) is 11.5 Å². The molecule has 1 fully saturated rings. The summed E-state index contributed by atoms with van der Waals surface area (Å²) >= 11 is 0. The number of carbonyl (C=O) groups excluding carboxylic acids is 1. The van der Waals surface area contributed by atoms with Gasteiger partial charge < -0.3 is 14.8 Å². The van der Waals surface area contributed by atoms with Crippen LogP contribution in [-0.2, 0) is 27.6 Å². The van der Waals surface area contributed by atoms with Crippen LogP contribution in [0.3, 0.4) is 0 Å². The summed E-state index contributed by atoms with van der Waals surface area (Å²) in [6.45, 7) is 4.77. The van der Waals surface area contributed by atoms with E-state index in [2.05, 4.69) is 5.32 Å². The van der Waals surface area contributed by atoms with Crippen LogP contribution >= 0.6 is 0 Å². The van der Waals surface area contributed by atoms with Gasteiger partial charge in [0.1, 0.15) is 17.6 Å². The van der Waals surface area contributed by atoms with Gasteiger partial charge >= 0.3 is 0 Å². The van der Waals surface area contributed by atoms with E-state index in [1.807, 2.05) is 26.0 Å². The largest absolute Gasteiger partial charge is 0.494 e. The Labute approximate surface area is 142 Å². The Hall–Kier alpha value is -1.76. The van der Waals surface area contributed by atoms with Gasteiger partial charge in [-0.1, -0.05) is 0 Å². The highest BCUT2D eigenvalue weighted by molar-refractivity contribution is 7.91. The summed E-state index contributed by atoms with van der Waals surface area (Å²) in [5.41, 5.74) is 1.96. The highest BCUT2D eigenvalue weighted by Crippen LogP contribution is 2.35. The van der Waals surface area contributed by atoms with Crippen molar-refractivity contribution in [3.63, 3.8) is 0 Å². The molecule has 0 unspecified atom stereocenters. The first-order chi connectivity index (χ1) is 11.4. The number of benzene rings is 1. The predicted octanol–water partition coefficient (Wildman–Crippen LogP) is 1.46. The molecule has 7 heteroatoms. The zero-order chi connectivity index (χ0) is 17.3. The Morgan fingerprint density at radius 1 is 1.42 bits per heavy atom. The van der Waals surface area contributed by atoms with E-state index >= 15 is 0 Å². The lowest BCUT2D eigenvalue weighted by atomic mass is 10.1. The molecule has 2 heterocycles. The smallest absolute Gasteiger partial charge is 0.224 e. The fourth-order valence-electron chi connectivity index (χ4n) is 3.24. The topological polar surface area (TPSA) is 81.7 Å². The standard InChI is InChI=1S/C17H23NO5S/c1-3-22-15-7-13-6-11(2)23-16(13)8-14(15)9-18-17(19)12-4-5-24(20,21)10-12/h7-8,11-12H,3-6,9-10H2,1-2H3,(H,18,19)/t11-,12+/m0/s1. The monoisotopic (exact) mass is 353 g/mol. The minimum atomic E-state index is -3.06. The number of carbonyl (C=O) groups is 1. The van der Waals surface area contributed by atoms with Gasteiger partial charge in [-0.05, 0) is 32.4 Å². The molecular formula is C17H23NO5S. The molecule has 2 aliphatic rings. The number of rotatable bonds is 5. The number of fused-ring (bicyclic) bond motifs is 1. The van der Waals surface area contributed by atoms with E-state index in [1.54, 1.807) is 0 Å². The molecule has 0 aliphatic carbocycles. The van der Waals surface area contributed by atoms with Gasteiger partial charge in [0, 0.05) is 24.1 Å². The molecule has 3 rings (SSSR count). The molecule has 24 heavy (non-hydrogen) atoms. The normalized spacial score (nSPS) is 24.2. The highest BCUT2D eigenvalue weighted by Gasteiger charge is 2.33. The van der Waals surface area contributed by atoms with Crippen LogP contribution in [0, 0.1) is 5.92 Å². The Balaban J connectivity index is 1.70. The van der Waals surface area contributed by atoms with E-state index in [-0.39, 0.29) is 23.5 Å². The Morgan fingerprint density at radius 2 is 2.21 bits per heavy atom. The van der Waals surface area contributed by atoms with Gasteiger partial charge in [0.05, 0.1) is 24.0 Å². The van der Waals surface area contributed by atoms with E-state index in [0.717, 1.165) is 29.0 Å². The van der Waals surface area contributed by atoms with Crippen molar-refractivity contribution in [2.45, 2.75) is 39.3 Å². The number of amides is 1. The van der Waals surface area contributed by atoms with Crippen LogP contribution in [0.15, 0.2) is 12.1 Å². The minimum absolute atomic E-state index is 0.0536. The molecular weight excluding hydrogens is 330 g/mol. The summed E-state index contributed by atoms with van der Waals surface area (Å²) in [5.74, 6) is 0.957. The molecule has 0 radical (unpaired) electrons. The molecule has 1 N–H and O–H groups in total. The first-order valence-electron chi connectivity index (χ1n) is 8.31. The van der Waals surface area contributed by atoms with Crippen molar-refractivity contribution in [2.24, 2.45) is 5.92 Å². The quantitative estimate of drug-likeness (QED) is 0.867. The Kier molecular flexibility index (Phi) is 4.71.